The van der Waals surface area contributed by atoms with E-state index in [2.05, 4.69) is 34.2 Å². The first-order valence-electron chi connectivity index (χ1n) is 6.60. The third-order valence-corrected chi connectivity index (χ3v) is 4.62. The second kappa shape index (κ2) is 4.18. The van der Waals surface area contributed by atoms with E-state index in [-0.39, 0.29) is 6.04 Å². The maximum absolute atomic E-state index is 6.42. The van der Waals surface area contributed by atoms with E-state index < -0.39 is 0 Å². The van der Waals surface area contributed by atoms with E-state index in [0.29, 0.717) is 6.04 Å². The van der Waals surface area contributed by atoms with Gasteiger partial charge in [-0.3, -0.25) is 0 Å². The van der Waals surface area contributed by atoms with Crippen LogP contribution in [0.1, 0.15) is 35.6 Å². The maximum atomic E-state index is 6.42. The Morgan fingerprint density at radius 2 is 2.05 bits per heavy atom. The molecule has 1 aliphatic rings. The molecule has 2 N–H and O–H groups in total. The van der Waals surface area contributed by atoms with Crippen molar-refractivity contribution in [2.75, 3.05) is 0 Å². The minimum absolute atomic E-state index is 0.118. The first-order valence-corrected chi connectivity index (χ1v) is 7.48. The highest BCUT2D eigenvalue weighted by atomic mass is 32.1. The number of benzene rings is 1. The number of aromatic nitrogens is 2. The molecule has 0 saturated heterocycles. The van der Waals surface area contributed by atoms with Crippen molar-refractivity contribution in [1.29, 1.82) is 0 Å². The third-order valence-electron chi connectivity index (χ3n) is 3.66. The summed E-state index contributed by atoms with van der Waals surface area (Å²) in [5.74, 6) is 1.01. The van der Waals surface area contributed by atoms with Gasteiger partial charge in [-0.05, 0) is 36.4 Å². The van der Waals surface area contributed by atoms with Gasteiger partial charge >= 0.3 is 0 Å². The fourth-order valence-electron chi connectivity index (χ4n) is 2.59. The number of rotatable bonds is 3. The molecule has 0 amide bonds. The Morgan fingerprint density at radius 3 is 2.79 bits per heavy atom. The quantitative estimate of drug-likeness (QED) is 0.791. The van der Waals surface area contributed by atoms with Gasteiger partial charge < -0.3 is 10.3 Å². The molecule has 1 saturated carbocycles. The van der Waals surface area contributed by atoms with E-state index in [1.807, 2.05) is 12.1 Å². The molecule has 2 heterocycles. The molecule has 1 aliphatic carbocycles. The molecule has 1 fully saturated rings. The van der Waals surface area contributed by atoms with Gasteiger partial charge in [0.25, 0.3) is 0 Å². The number of nitrogens with two attached hydrogens (primary N) is 1. The highest BCUT2D eigenvalue weighted by Crippen LogP contribution is 2.40. The first kappa shape index (κ1) is 11.2. The van der Waals surface area contributed by atoms with Crippen LogP contribution in [-0.2, 0) is 0 Å². The van der Waals surface area contributed by atoms with E-state index in [1.165, 1.54) is 23.2 Å². The fourth-order valence-corrected chi connectivity index (χ4v) is 3.32. The minimum Gasteiger partial charge on any atom is -0.323 e. The van der Waals surface area contributed by atoms with Gasteiger partial charge in [0, 0.05) is 10.9 Å². The Hall–Kier alpha value is -1.65. The number of nitrogens with zero attached hydrogens (tertiary/aromatic N) is 2. The van der Waals surface area contributed by atoms with Gasteiger partial charge in [0.05, 0.1) is 17.1 Å². The van der Waals surface area contributed by atoms with Gasteiger partial charge in [-0.25, -0.2) is 4.98 Å². The SMILES string of the molecule is NC(c1cccs1)c1nc2ccccc2n1C1CC1. The summed E-state index contributed by atoms with van der Waals surface area (Å²) in [5.41, 5.74) is 8.69. The molecule has 0 bridgehead atoms. The minimum atomic E-state index is -0.118. The van der Waals surface area contributed by atoms with Crippen LogP contribution in [0.5, 0.6) is 0 Å². The summed E-state index contributed by atoms with van der Waals surface area (Å²) in [6.45, 7) is 0. The van der Waals surface area contributed by atoms with Gasteiger partial charge in [-0.15, -0.1) is 11.3 Å². The number of hydrogen-bond donors (Lipinski definition) is 1. The maximum Gasteiger partial charge on any atom is 0.132 e. The number of hydrogen-bond acceptors (Lipinski definition) is 3. The Bertz CT molecular complexity index is 710. The van der Waals surface area contributed by atoms with Crippen LogP contribution in [0.4, 0.5) is 0 Å². The van der Waals surface area contributed by atoms with Crippen molar-refractivity contribution in [3.63, 3.8) is 0 Å². The number of fused-ring (bicyclic) bond motifs is 1. The number of imidazole rings is 1. The second-order valence-electron chi connectivity index (χ2n) is 5.05. The lowest BCUT2D eigenvalue weighted by atomic mass is 10.2. The van der Waals surface area contributed by atoms with Crippen LogP contribution in [0.15, 0.2) is 41.8 Å². The summed E-state index contributed by atoms with van der Waals surface area (Å²) < 4.78 is 2.35. The summed E-state index contributed by atoms with van der Waals surface area (Å²) >= 11 is 1.70. The zero-order valence-electron chi connectivity index (χ0n) is 10.5. The van der Waals surface area contributed by atoms with Crippen LogP contribution in [0.2, 0.25) is 0 Å². The molecule has 2 aromatic heterocycles. The van der Waals surface area contributed by atoms with E-state index in [1.54, 1.807) is 11.3 Å². The van der Waals surface area contributed by atoms with Crippen molar-refractivity contribution in [2.45, 2.75) is 24.9 Å². The molecule has 96 valence electrons. The lowest BCUT2D eigenvalue weighted by molar-refractivity contribution is 0.664. The van der Waals surface area contributed by atoms with Crippen LogP contribution in [-0.4, -0.2) is 9.55 Å². The van der Waals surface area contributed by atoms with Crippen LogP contribution in [0.3, 0.4) is 0 Å². The van der Waals surface area contributed by atoms with E-state index >= 15 is 0 Å². The van der Waals surface area contributed by atoms with Crippen molar-refractivity contribution >= 4 is 22.4 Å². The largest absolute Gasteiger partial charge is 0.323 e. The predicted octanol–water partition coefficient (Wildman–Crippen LogP) is 3.48. The van der Waals surface area contributed by atoms with Crippen molar-refractivity contribution in [1.82, 2.24) is 9.55 Å². The summed E-state index contributed by atoms with van der Waals surface area (Å²) in [5, 5.41) is 2.07. The van der Waals surface area contributed by atoms with E-state index in [9.17, 15) is 0 Å². The average molecular weight is 269 g/mol. The van der Waals surface area contributed by atoms with Gasteiger partial charge in [0.1, 0.15) is 5.82 Å². The molecule has 0 radical (unpaired) electrons. The molecule has 0 aliphatic heterocycles. The Morgan fingerprint density at radius 1 is 1.21 bits per heavy atom. The van der Waals surface area contributed by atoms with Crippen molar-refractivity contribution in [3.8, 4) is 0 Å². The van der Waals surface area contributed by atoms with Gasteiger partial charge in [-0.2, -0.15) is 0 Å². The van der Waals surface area contributed by atoms with Crippen LogP contribution >= 0.6 is 11.3 Å². The van der Waals surface area contributed by atoms with Crippen molar-refractivity contribution in [2.24, 2.45) is 5.73 Å². The molecular weight excluding hydrogens is 254 g/mol. The van der Waals surface area contributed by atoms with Crippen molar-refractivity contribution in [3.05, 3.63) is 52.5 Å². The van der Waals surface area contributed by atoms with Crippen molar-refractivity contribution < 1.29 is 0 Å². The lowest BCUT2D eigenvalue weighted by Crippen LogP contribution is -2.16. The average Bonchev–Trinajstić information content (AvgIpc) is 3.01. The van der Waals surface area contributed by atoms with E-state index in [0.717, 1.165) is 11.3 Å². The van der Waals surface area contributed by atoms with Crippen LogP contribution in [0, 0.1) is 0 Å². The standard InChI is InChI=1S/C15H15N3S/c16-14(13-6-3-9-19-13)15-17-11-4-1-2-5-12(11)18(15)10-7-8-10/h1-6,9-10,14H,7-8,16H2. The molecule has 4 rings (SSSR count). The summed E-state index contributed by atoms with van der Waals surface area (Å²) in [4.78, 5) is 5.95. The first-order chi connectivity index (χ1) is 9.34. The molecule has 0 spiro atoms. The zero-order valence-corrected chi connectivity index (χ0v) is 11.3. The summed E-state index contributed by atoms with van der Waals surface area (Å²) in [6, 6.07) is 12.9. The molecule has 1 unspecified atom stereocenters. The fraction of sp³-hybridized carbons (Fsp3) is 0.267. The molecule has 3 nitrogen and oxygen atoms in total. The third kappa shape index (κ3) is 1.79. The molecule has 1 atom stereocenters. The Kier molecular flexibility index (Phi) is 2.47. The summed E-state index contributed by atoms with van der Waals surface area (Å²) in [7, 11) is 0. The zero-order chi connectivity index (χ0) is 12.8. The number of thiophene rings is 1. The molecule has 19 heavy (non-hydrogen) atoms. The highest BCUT2D eigenvalue weighted by Gasteiger charge is 2.30. The Balaban J connectivity index is 1.91. The van der Waals surface area contributed by atoms with Crippen LogP contribution < -0.4 is 5.73 Å². The topological polar surface area (TPSA) is 43.8 Å². The summed E-state index contributed by atoms with van der Waals surface area (Å²) in [6.07, 6.45) is 2.48. The molecule has 4 heteroatoms. The predicted molar refractivity (Wildman–Crippen MR) is 78.4 cm³/mol. The van der Waals surface area contributed by atoms with Crippen LogP contribution in [0.25, 0.3) is 11.0 Å². The molecular formula is C15H15N3S. The van der Waals surface area contributed by atoms with Gasteiger partial charge in [0.2, 0.25) is 0 Å². The van der Waals surface area contributed by atoms with E-state index in [4.69, 9.17) is 10.7 Å². The molecule has 3 aromatic rings. The normalized spacial score (nSPS) is 16.9. The monoisotopic (exact) mass is 269 g/mol. The van der Waals surface area contributed by atoms with Gasteiger partial charge in [0.15, 0.2) is 0 Å². The lowest BCUT2D eigenvalue weighted by Gasteiger charge is -2.12. The van der Waals surface area contributed by atoms with Gasteiger partial charge in [-0.1, -0.05) is 18.2 Å². The smallest absolute Gasteiger partial charge is 0.132 e. The second-order valence-corrected chi connectivity index (χ2v) is 6.03. The molecule has 1 aromatic carbocycles. The number of para-hydroxylation sites is 2. The highest BCUT2D eigenvalue weighted by molar-refractivity contribution is 7.10. The Labute approximate surface area is 115 Å².